The summed E-state index contributed by atoms with van der Waals surface area (Å²) in [5, 5.41) is 1.10. The molecule has 0 amide bonds. The van der Waals surface area contributed by atoms with Crippen LogP contribution in [0.5, 0.6) is 0 Å². The largest absolute Gasteiger partial charge is 0.341 e. The van der Waals surface area contributed by atoms with Crippen molar-refractivity contribution in [2.45, 2.75) is 26.8 Å². The van der Waals surface area contributed by atoms with Crippen molar-refractivity contribution >= 4 is 38.9 Å². The number of hydrogen-bond donors (Lipinski definition) is 1. The molecule has 0 spiro atoms. The highest BCUT2D eigenvalue weighted by atomic mass is 32.2. The molecule has 5 nitrogen and oxygen atoms in total. The van der Waals surface area contributed by atoms with Gasteiger partial charge in [-0.05, 0) is 43.7 Å². The molecule has 6 heteroatoms. The summed E-state index contributed by atoms with van der Waals surface area (Å²) in [6.45, 7) is 5.52. The SMILES string of the molecule is CCN1/C(=C/c2ccc3cc(C)ccc3[n+]2CCCS(=O)(=O)O)C=Cc2ccccc21. The number of para-hydroxylation sites is 1. The van der Waals surface area contributed by atoms with Gasteiger partial charge in [-0.1, -0.05) is 35.9 Å². The first-order valence-corrected chi connectivity index (χ1v) is 12.1. The zero-order valence-electron chi connectivity index (χ0n) is 17.8. The van der Waals surface area contributed by atoms with E-state index in [1.54, 1.807) is 0 Å². The number of fused-ring (bicyclic) bond motifs is 2. The van der Waals surface area contributed by atoms with Crippen molar-refractivity contribution in [1.29, 1.82) is 0 Å². The second-order valence-corrected chi connectivity index (χ2v) is 9.39. The second-order valence-electron chi connectivity index (χ2n) is 7.82. The molecule has 31 heavy (non-hydrogen) atoms. The Morgan fingerprint density at radius 2 is 1.87 bits per heavy atom. The van der Waals surface area contributed by atoms with Crippen LogP contribution in [0, 0.1) is 6.92 Å². The van der Waals surface area contributed by atoms with Crippen molar-refractivity contribution in [2.24, 2.45) is 0 Å². The molecule has 0 atom stereocenters. The molecule has 4 rings (SSSR count). The van der Waals surface area contributed by atoms with Crippen LogP contribution in [0.2, 0.25) is 0 Å². The van der Waals surface area contributed by atoms with Crippen molar-refractivity contribution in [3.8, 4) is 0 Å². The molecule has 2 heterocycles. The van der Waals surface area contributed by atoms with Crippen LogP contribution in [0.4, 0.5) is 5.69 Å². The highest BCUT2D eigenvalue weighted by molar-refractivity contribution is 7.85. The molecule has 3 aromatic rings. The fourth-order valence-corrected chi connectivity index (χ4v) is 4.64. The lowest BCUT2D eigenvalue weighted by Crippen LogP contribution is -2.39. The fraction of sp³-hybridized carbons (Fsp3) is 0.240. The van der Waals surface area contributed by atoms with Crippen LogP contribution in [0.15, 0.2) is 66.4 Å². The summed E-state index contributed by atoms with van der Waals surface area (Å²) in [7, 11) is -3.99. The average molecular weight is 436 g/mol. The maximum absolute atomic E-state index is 11.2. The lowest BCUT2D eigenvalue weighted by atomic mass is 10.0. The zero-order valence-corrected chi connectivity index (χ0v) is 18.6. The summed E-state index contributed by atoms with van der Waals surface area (Å²) >= 11 is 0. The topological polar surface area (TPSA) is 61.5 Å². The van der Waals surface area contributed by atoms with E-state index in [1.807, 2.05) is 12.1 Å². The number of likely N-dealkylation sites (N-methyl/N-ethyl adjacent to an activating group) is 1. The van der Waals surface area contributed by atoms with Crippen molar-refractivity contribution in [3.63, 3.8) is 0 Å². The third kappa shape index (κ3) is 4.70. The lowest BCUT2D eigenvalue weighted by molar-refractivity contribution is -0.673. The van der Waals surface area contributed by atoms with Crippen LogP contribution >= 0.6 is 0 Å². The Labute approximate surface area is 183 Å². The van der Waals surface area contributed by atoms with Gasteiger partial charge in [-0.2, -0.15) is 13.0 Å². The Bertz CT molecular complexity index is 1290. The first kappa shape index (κ1) is 21.3. The summed E-state index contributed by atoms with van der Waals surface area (Å²) in [6.07, 6.45) is 6.72. The Balaban J connectivity index is 1.79. The fourth-order valence-electron chi connectivity index (χ4n) is 4.15. The highest BCUT2D eigenvalue weighted by Crippen LogP contribution is 2.31. The number of hydrogen-bond acceptors (Lipinski definition) is 3. The van der Waals surface area contributed by atoms with Crippen LogP contribution in [-0.2, 0) is 16.7 Å². The predicted octanol–water partition coefficient (Wildman–Crippen LogP) is 4.61. The van der Waals surface area contributed by atoms with Crippen molar-refractivity contribution in [3.05, 3.63) is 83.2 Å². The van der Waals surface area contributed by atoms with Gasteiger partial charge >= 0.3 is 0 Å². The molecule has 0 radical (unpaired) electrons. The van der Waals surface area contributed by atoms with E-state index in [0.717, 1.165) is 28.8 Å². The minimum absolute atomic E-state index is 0.257. The van der Waals surface area contributed by atoms with Crippen molar-refractivity contribution < 1.29 is 17.5 Å². The Morgan fingerprint density at radius 1 is 1.06 bits per heavy atom. The second kappa shape index (κ2) is 8.65. The smallest absolute Gasteiger partial charge is 0.265 e. The van der Waals surface area contributed by atoms with Gasteiger partial charge in [0.25, 0.3) is 10.1 Å². The normalized spacial score (nSPS) is 14.9. The van der Waals surface area contributed by atoms with E-state index >= 15 is 0 Å². The molecule has 0 aliphatic carbocycles. The maximum atomic E-state index is 11.2. The predicted molar refractivity (Wildman–Crippen MR) is 126 cm³/mol. The van der Waals surface area contributed by atoms with Crippen molar-refractivity contribution in [2.75, 3.05) is 17.2 Å². The molecule has 0 bridgehead atoms. The number of benzene rings is 2. The molecule has 0 saturated heterocycles. The molecule has 1 aliphatic rings. The minimum Gasteiger partial charge on any atom is -0.341 e. The summed E-state index contributed by atoms with van der Waals surface area (Å²) in [4.78, 5) is 2.27. The minimum atomic E-state index is -3.99. The van der Waals surface area contributed by atoms with E-state index < -0.39 is 10.1 Å². The van der Waals surface area contributed by atoms with E-state index in [-0.39, 0.29) is 5.75 Å². The van der Waals surface area contributed by atoms with Gasteiger partial charge in [-0.25, -0.2) is 0 Å². The van der Waals surface area contributed by atoms with Gasteiger partial charge in [0.2, 0.25) is 11.2 Å². The van der Waals surface area contributed by atoms with Gasteiger partial charge in [0, 0.05) is 47.9 Å². The van der Waals surface area contributed by atoms with Gasteiger partial charge in [0.1, 0.15) is 0 Å². The summed E-state index contributed by atoms with van der Waals surface area (Å²) < 4.78 is 33.8. The molecular weight excluding hydrogens is 408 g/mol. The molecule has 0 saturated carbocycles. The van der Waals surface area contributed by atoms with Gasteiger partial charge in [0.15, 0.2) is 6.54 Å². The quantitative estimate of drug-likeness (QED) is 0.454. The van der Waals surface area contributed by atoms with E-state index in [4.69, 9.17) is 0 Å². The molecule has 0 fully saturated rings. The number of allylic oxidation sites excluding steroid dienone is 1. The number of aryl methyl sites for hydroxylation is 2. The Kier molecular flexibility index (Phi) is 5.94. The maximum Gasteiger partial charge on any atom is 0.265 e. The molecule has 2 aromatic carbocycles. The van der Waals surface area contributed by atoms with Crippen LogP contribution < -0.4 is 9.47 Å². The number of rotatable bonds is 6. The van der Waals surface area contributed by atoms with Crippen molar-refractivity contribution in [1.82, 2.24) is 0 Å². The summed E-state index contributed by atoms with van der Waals surface area (Å²) in [6, 6.07) is 18.8. The van der Waals surface area contributed by atoms with Crippen LogP contribution in [0.25, 0.3) is 23.1 Å². The number of anilines is 1. The Hall–Kier alpha value is -2.96. The molecule has 1 N–H and O–H groups in total. The van der Waals surface area contributed by atoms with Crippen LogP contribution in [0.1, 0.15) is 30.2 Å². The van der Waals surface area contributed by atoms with Crippen LogP contribution in [-0.4, -0.2) is 25.3 Å². The monoisotopic (exact) mass is 435 g/mol. The molecule has 1 aliphatic heterocycles. The molecule has 160 valence electrons. The molecule has 1 aromatic heterocycles. The van der Waals surface area contributed by atoms with Crippen LogP contribution in [0.3, 0.4) is 0 Å². The molecular formula is C25H27N2O3S+. The standard InChI is InChI=1S/C25H26N2O3S/c1-3-26-22(12-10-20-7-4-5-8-24(20)26)18-23-13-11-21-17-19(2)9-14-25(21)27(23)15-6-16-31(28,29)30/h4-5,7-14,17-18H,3,6,15-16H2,1-2H3/p+1. The summed E-state index contributed by atoms with van der Waals surface area (Å²) in [5.41, 5.74) is 6.65. The number of aromatic nitrogens is 1. The first-order valence-electron chi connectivity index (χ1n) is 10.5. The number of pyridine rings is 1. The van der Waals surface area contributed by atoms with E-state index in [0.29, 0.717) is 13.0 Å². The average Bonchev–Trinajstić information content (AvgIpc) is 2.74. The third-order valence-corrected chi connectivity index (χ3v) is 6.39. The van der Waals surface area contributed by atoms with Gasteiger partial charge < -0.3 is 4.90 Å². The number of nitrogens with zero attached hydrogens (tertiary/aromatic N) is 2. The lowest BCUT2D eigenvalue weighted by Gasteiger charge is -2.29. The first-order chi connectivity index (χ1) is 14.9. The van der Waals surface area contributed by atoms with E-state index in [1.165, 1.54) is 16.8 Å². The van der Waals surface area contributed by atoms with Gasteiger partial charge in [0.05, 0.1) is 5.75 Å². The molecule has 0 unspecified atom stereocenters. The van der Waals surface area contributed by atoms with E-state index in [2.05, 4.69) is 84.0 Å². The highest BCUT2D eigenvalue weighted by Gasteiger charge is 2.20. The summed E-state index contributed by atoms with van der Waals surface area (Å²) in [5.74, 6) is -0.257. The zero-order chi connectivity index (χ0) is 22.0. The van der Waals surface area contributed by atoms with E-state index in [9.17, 15) is 13.0 Å². The van der Waals surface area contributed by atoms with Gasteiger partial charge in [-0.3, -0.25) is 4.55 Å². The third-order valence-electron chi connectivity index (χ3n) is 5.59. The van der Waals surface area contributed by atoms with Gasteiger partial charge in [-0.15, -0.1) is 0 Å². The Morgan fingerprint density at radius 3 is 2.65 bits per heavy atom.